The smallest absolute Gasteiger partial charge is 0.142 e. The van der Waals surface area contributed by atoms with Crippen LogP contribution in [0.5, 0.6) is 5.75 Å². The normalized spacial score (nSPS) is 15.3. The molecular formula is C11H18N2O. The monoisotopic (exact) mass is 194 g/mol. The van der Waals surface area contributed by atoms with E-state index in [-0.39, 0.29) is 0 Å². The van der Waals surface area contributed by atoms with Crippen LogP contribution in [0.25, 0.3) is 0 Å². The maximum absolute atomic E-state index is 6.21. The van der Waals surface area contributed by atoms with E-state index in [1.165, 1.54) is 0 Å². The average Bonchev–Trinajstić information content (AvgIpc) is 2.17. The number of pyridine rings is 1. The van der Waals surface area contributed by atoms with Gasteiger partial charge < -0.3 is 10.5 Å². The SMILES string of the molecule is COc1cccnc1C(C)(N)C(C)C. The van der Waals surface area contributed by atoms with Crippen molar-refractivity contribution in [2.24, 2.45) is 11.7 Å². The quantitative estimate of drug-likeness (QED) is 0.799. The van der Waals surface area contributed by atoms with E-state index in [4.69, 9.17) is 10.5 Å². The standard InChI is InChI=1S/C11H18N2O/c1-8(2)11(3,12)10-9(14-4)6-5-7-13-10/h5-8H,12H2,1-4H3. The zero-order valence-electron chi connectivity index (χ0n) is 9.24. The van der Waals surface area contributed by atoms with Gasteiger partial charge in [-0.2, -0.15) is 0 Å². The molecule has 78 valence electrons. The van der Waals surface area contributed by atoms with Crippen molar-refractivity contribution in [2.45, 2.75) is 26.3 Å². The summed E-state index contributed by atoms with van der Waals surface area (Å²) in [6.07, 6.45) is 1.74. The molecule has 1 aromatic rings. The minimum Gasteiger partial charge on any atom is -0.495 e. The Morgan fingerprint density at radius 2 is 2.14 bits per heavy atom. The molecule has 0 aliphatic carbocycles. The van der Waals surface area contributed by atoms with Gasteiger partial charge in [0.1, 0.15) is 11.4 Å². The molecule has 1 heterocycles. The maximum Gasteiger partial charge on any atom is 0.142 e. The predicted molar refractivity (Wildman–Crippen MR) is 57.2 cm³/mol. The zero-order valence-corrected chi connectivity index (χ0v) is 9.24. The summed E-state index contributed by atoms with van der Waals surface area (Å²) in [4.78, 5) is 4.29. The number of nitrogens with zero attached hydrogens (tertiary/aromatic N) is 1. The lowest BCUT2D eigenvalue weighted by molar-refractivity contribution is 0.316. The van der Waals surface area contributed by atoms with Crippen LogP contribution in [0.2, 0.25) is 0 Å². The predicted octanol–water partition coefficient (Wildman–Crippen LogP) is 1.92. The summed E-state index contributed by atoms with van der Waals surface area (Å²) in [6.45, 7) is 6.13. The Morgan fingerprint density at radius 1 is 1.50 bits per heavy atom. The highest BCUT2D eigenvalue weighted by atomic mass is 16.5. The van der Waals surface area contributed by atoms with Gasteiger partial charge in [0, 0.05) is 6.20 Å². The largest absolute Gasteiger partial charge is 0.495 e. The van der Waals surface area contributed by atoms with E-state index in [9.17, 15) is 0 Å². The molecule has 0 aliphatic heterocycles. The van der Waals surface area contributed by atoms with E-state index >= 15 is 0 Å². The molecule has 0 spiro atoms. The number of aromatic nitrogens is 1. The fourth-order valence-corrected chi connectivity index (χ4v) is 1.23. The third-order valence-corrected chi connectivity index (χ3v) is 2.70. The molecule has 0 fully saturated rings. The Labute approximate surface area is 85.3 Å². The molecule has 1 rings (SSSR count). The van der Waals surface area contributed by atoms with Gasteiger partial charge in [-0.15, -0.1) is 0 Å². The third kappa shape index (κ3) is 1.87. The van der Waals surface area contributed by atoms with Crippen LogP contribution in [0.15, 0.2) is 18.3 Å². The van der Waals surface area contributed by atoms with Gasteiger partial charge in [0.15, 0.2) is 0 Å². The van der Waals surface area contributed by atoms with Gasteiger partial charge in [0.05, 0.1) is 12.6 Å². The summed E-state index contributed by atoms with van der Waals surface area (Å²) in [7, 11) is 1.64. The lowest BCUT2D eigenvalue weighted by Gasteiger charge is -2.29. The summed E-state index contributed by atoms with van der Waals surface area (Å²) in [5.41, 5.74) is 6.58. The highest BCUT2D eigenvalue weighted by Gasteiger charge is 2.29. The van der Waals surface area contributed by atoms with Gasteiger partial charge in [0.2, 0.25) is 0 Å². The lowest BCUT2D eigenvalue weighted by Crippen LogP contribution is -2.39. The first-order valence-electron chi connectivity index (χ1n) is 4.78. The fourth-order valence-electron chi connectivity index (χ4n) is 1.23. The molecule has 3 heteroatoms. The summed E-state index contributed by atoms with van der Waals surface area (Å²) >= 11 is 0. The molecule has 1 aromatic heterocycles. The van der Waals surface area contributed by atoms with Crippen molar-refractivity contribution >= 4 is 0 Å². The summed E-state index contributed by atoms with van der Waals surface area (Å²) in [6, 6.07) is 3.73. The van der Waals surface area contributed by atoms with Crippen LogP contribution in [0.3, 0.4) is 0 Å². The number of hydrogen-bond acceptors (Lipinski definition) is 3. The van der Waals surface area contributed by atoms with Crippen LogP contribution < -0.4 is 10.5 Å². The van der Waals surface area contributed by atoms with Gasteiger partial charge in [0.25, 0.3) is 0 Å². The molecule has 14 heavy (non-hydrogen) atoms. The van der Waals surface area contributed by atoms with Gasteiger partial charge in [-0.25, -0.2) is 0 Å². The maximum atomic E-state index is 6.21. The Balaban J connectivity index is 3.17. The molecule has 0 aliphatic rings. The zero-order chi connectivity index (χ0) is 10.8. The molecule has 0 aromatic carbocycles. The Bertz CT molecular complexity index is 308. The van der Waals surface area contributed by atoms with Crippen molar-refractivity contribution in [2.75, 3.05) is 7.11 Å². The third-order valence-electron chi connectivity index (χ3n) is 2.70. The molecule has 0 bridgehead atoms. The highest BCUT2D eigenvalue weighted by Crippen LogP contribution is 2.30. The minimum absolute atomic E-state index is 0.311. The first kappa shape index (κ1) is 11.0. The van der Waals surface area contributed by atoms with Gasteiger partial charge in [-0.1, -0.05) is 13.8 Å². The molecule has 0 amide bonds. The lowest BCUT2D eigenvalue weighted by atomic mass is 9.85. The van der Waals surface area contributed by atoms with Gasteiger partial charge >= 0.3 is 0 Å². The fraction of sp³-hybridized carbons (Fsp3) is 0.545. The number of rotatable bonds is 3. The van der Waals surface area contributed by atoms with Crippen molar-refractivity contribution in [3.05, 3.63) is 24.0 Å². The minimum atomic E-state index is -0.452. The Kier molecular flexibility index (Phi) is 3.11. The van der Waals surface area contributed by atoms with Crippen LogP contribution in [-0.4, -0.2) is 12.1 Å². The van der Waals surface area contributed by atoms with E-state index in [1.807, 2.05) is 19.1 Å². The topological polar surface area (TPSA) is 48.1 Å². The van der Waals surface area contributed by atoms with Crippen molar-refractivity contribution in [1.29, 1.82) is 0 Å². The van der Waals surface area contributed by atoms with Crippen LogP contribution >= 0.6 is 0 Å². The van der Waals surface area contributed by atoms with E-state index in [0.717, 1.165) is 11.4 Å². The van der Waals surface area contributed by atoms with Crippen LogP contribution in [-0.2, 0) is 5.54 Å². The van der Waals surface area contributed by atoms with Gasteiger partial charge in [-0.05, 0) is 25.0 Å². The number of ether oxygens (including phenoxy) is 1. The average molecular weight is 194 g/mol. The Morgan fingerprint density at radius 3 is 2.64 bits per heavy atom. The molecule has 1 atom stereocenters. The summed E-state index contributed by atoms with van der Waals surface area (Å²) < 4.78 is 5.24. The van der Waals surface area contributed by atoms with Crippen LogP contribution in [0.1, 0.15) is 26.5 Å². The van der Waals surface area contributed by atoms with Crippen LogP contribution in [0, 0.1) is 5.92 Å². The molecule has 0 saturated heterocycles. The summed E-state index contributed by atoms with van der Waals surface area (Å²) in [5, 5.41) is 0. The van der Waals surface area contributed by atoms with Crippen molar-refractivity contribution in [1.82, 2.24) is 4.98 Å². The summed E-state index contributed by atoms with van der Waals surface area (Å²) in [5.74, 6) is 1.07. The Hall–Kier alpha value is -1.09. The molecule has 3 nitrogen and oxygen atoms in total. The van der Waals surface area contributed by atoms with Crippen molar-refractivity contribution < 1.29 is 4.74 Å². The first-order chi connectivity index (χ1) is 6.50. The second-order valence-electron chi connectivity index (χ2n) is 3.99. The second-order valence-corrected chi connectivity index (χ2v) is 3.99. The second kappa shape index (κ2) is 3.96. The number of methoxy groups -OCH3 is 1. The number of hydrogen-bond donors (Lipinski definition) is 1. The van der Waals surface area contributed by atoms with Crippen molar-refractivity contribution in [3.63, 3.8) is 0 Å². The van der Waals surface area contributed by atoms with Crippen LogP contribution in [0.4, 0.5) is 0 Å². The van der Waals surface area contributed by atoms with Crippen molar-refractivity contribution in [3.8, 4) is 5.75 Å². The highest BCUT2D eigenvalue weighted by molar-refractivity contribution is 5.32. The van der Waals surface area contributed by atoms with E-state index in [2.05, 4.69) is 18.8 Å². The van der Waals surface area contributed by atoms with Gasteiger partial charge in [-0.3, -0.25) is 4.98 Å². The van der Waals surface area contributed by atoms with E-state index < -0.39 is 5.54 Å². The van der Waals surface area contributed by atoms with E-state index in [1.54, 1.807) is 13.3 Å². The first-order valence-corrected chi connectivity index (χ1v) is 4.78. The molecule has 2 N–H and O–H groups in total. The molecule has 0 saturated carbocycles. The molecular weight excluding hydrogens is 176 g/mol. The van der Waals surface area contributed by atoms with E-state index in [0.29, 0.717) is 5.92 Å². The number of nitrogens with two attached hydrogens (primary N) is 1. The molecule has 1 unspecified atom stereocenters. The molecule has 0 radical (unpaired) electrons.